The summed E-state index contributed by atoms with van der Waals surface area (Å²) in [5.41, 5.74) is 1.02. The second-order valence-corrected chi connectivity index (χ2v) is 2.33. The van der Waals surface area contributed by atoms with E-state index in [1.165, 1.54) is 6.21 Å². The molecule has 1 aliphatic rings. The zero-order valence-electron chi connectivity index (χ0n) is 5.88. The van der Waals surface area contributed by atoms with E-state index in [4.69, 9.17) is 11.3 Å². The molecule has 56 valence electrons. The van der Waals surface area contributed by atoms with Crippen molar-refractivity contribution in [2.45, 2.75) is 6.42 Å². The van der Waals surface area contributed by atoms with Crippen molar-refractivity contribution in [3.63, 3.8) is 0 Å². The quantitative estimate of drug-likeness (QED) is 0.407. The van der Waals surface area contributed by atoms with Gasteiger partial charge in [-0.2, -0.15) is 0 Å². The molecule has 10 heavy (non-hydrogen) atoms. The van der Waals surface area contributed by atoms with Gasteiger partial charge < -0.3 is 5.41 Å². The van der Waals surface area contributed by atoms with Crippen LogP contribution in [0.3, 0.4) is 0 Å². The predicted octanol–water partition coefficient (Wildman–Crippen LogP) is -0.344. The summed E-state index contributed by atoms with van der Waals surface area (Å²) in [5.74, 6) is 5.53. The molecule has 0 aromatic heterocycles. The molecule has 1 aliphatic heterocycles. The Labute approximate surface area is 60.2 Å². The van der Waals surface area contributed by atoms with Crippen LogP contribution in [0.1, 0.15) is 6.42 Å². The molecular formula is C6H12N4. The Morgan fingerprint density at radius 3 is 3.20 bits per heavy atom. The summed E-state index contributed by atoms with van der Waals surface area (Å²) in [6.07, 6.45) is 2.01. The van der Waals surface area contributed by atoms with Crippen LogP contribution in [0.4, 0.5) is 0 Å². The van der Waals surface area contributed by atoms with Crippen LogP contribution in [-0.4, -0.2) is 36.6 Å². The molecule has 0 aromatic carbocycles. The molecule has 3 N–H and O–H groups in total. The molecular weight excluding hydrogens is 128 g/mol. The van der Waals surface area contributed by atoms with Gasteiger partial charge in [0.15, 0.2) is 0 Å². The molecule has 0 amide bonds. The maximum Gasteiger partial charge on any atom is 0.0531 e. The van der Waals surface area contributed by atoms with Gasteiger partial charge in [0, 0.05) is 24.9 Å². The maximum absolute atomic E-state index is 6.84. The van der Waals surface area contributed by atoms with Crippen molar-refractivity contribution in [3.8, 4) is 0 Å². The smallest absolute Gasteiger partial charge is 0.0531 e. The third-order valence-corrected chi connectivity index (χ3v) is 1.45. The van der Waals surface area contributed by atoms with E-state index >= 15 is 0 Å². The molecule has 0 radical (unpaired) electrons. The fourth-order valence-electron chi connectivity index (χ4n) is 0.947. The van der Waals surface area contributed by atoms with Crippen LogP contribution in [-0.2, 0) is 0 Å². The average molecular weight is 140 g/mol. The highest BCUT2D eigenvalue weighted by Crippen LogP contribution is 1.94. The third-order valence-electron chi connectivity index (χ3n) is 1.45. The van der Waals surface area contributed by atoms with Crippen LogP contribution in [0.2, 0.25) is 0 Å². The predicted molar refractivity (Wildman–Crippen MR) is 41.5 cm³/mol. The summed E-state index contributed by atoms with van der Waals surface area (Å²) in [4.78, 5) is 4.21. The highest BCUT2D eigenvalue weighted by Gasteiger charge is 2.07. The topological polar surface area (TPSA) is 65.5 Å². The zero-order chi connectivity index (χ0) is 7.40. The van der Waals surface area contributed by atoms with E-state index in [9.17, 15) is 0 Å². The standard InChI is InChI=1S/C6H12N4/c7-2-1-6-5-10(8)4-3-9-6/h2,7H,1,3-5,8H2. The number of rotatable bonds is 2. The van der Waals surface area contributed by atoms with E-state index in [1.54, 1.807) is 5.01 Å². The second-order valence-electron chi connectivity index (χ2n) is 2.33. The summed E-state index contributed by atoms with van der Waals surface area (Å²) in [6.45, 7) is 2.33. The Morgan fingerprint density at radius 2 is 2.60 bits per heavy atom. The molecule has 0 spiro atoms. The van der Waals surface area contributed by atoms with Crippen molar-refractivity contribution in [1.82, 2.24) is 5.01 Å². The Hall–Kier alpha value is -0.740. The van der Waals surface area contributed by atoms with Gasteiger partial charge in [-0.3, -0.25) is 10.8 Å². The zero-order valence-corrected chi connectivity index (χ0v) is 5.88. The lowest BCUT2D eigenvalue weighted by molar-refractivity contribution is 0.321. The van der Waals surface area contributed by atoms with Gasteiger partial charge in [0.1, 0.15) is 0 Å². The minimum atomic E-state index is 0.647. The molecule has 0 bridgehead atoms. The first-order chi connectivity index (χ1) is 4.83. The molecule has 1 heterocycles. The van der Waals surface area contributed by atoms with Crippen LogP contribution < -0.4 is 5.84 Å². The molecule has 0 saturated heterocycles. The van der Waals surface area contributed by atoms with Gasteiger partial charge in [-0.25, -0.2) is 5.01 Å². The van der Waals surface area contributed by atoms with E-state index in [1.807, 2.05) is 0 Å². The second kappa shape index (κ2) is 3.43. The molecule has 4 heteroatoms. The number of hydrogen-bond acceptors (Lipinski definition) is 4. The van der Waals surface area contributed by atoms with Gasteiger partial charge in [0.25, 0.3) is 0 Å². The van der Waals surface area contributed by atoms with E-state index in [0.29, 0.717) is 6.42 Å². The number of hydrazine groups is 1. The van der Waals surface area contributed by atoms with Crippen molar-refractivity contribution in [3.05, 3.63) is 0 Å². The van der Waals surface area contributed by atoms with E-state index < -0.39 is 0 Å². The largest absolute Gasteiger partial charge is 0.313 e. The maximum atomic E-state index is 6.84. The molecule has 0 saturated carbocycles. The summed E-state index contributed by atoms with van der Waals surface area (Å²) >= 11 is 0. The van der Waals surface area contributed by atoms with Crippen LogP contribution in [0.15, 0.2) is 4.99 Å². The van der Waals surface area contributed by atoms with Crippen molar-refractivity contribution < 1.29 is 0 Å². The fourth-order valence-corrected chi connectivity index (χ4v) is 0.947. The molecule has 1 rings (SSSR count). The van der Waals surface area contributed by atoms with Gasteiger partial charge in [-0.1, -0.05) is 0 Å². The fraction of sp³-hybridized carbons (Fsp3) is 0.667. The molecule has 4 nitrogen and oxygen atoms in total. The van der Waals surface area contributed by atoms with Crippen LogP contribution in [0.25, 0.3) is 0 Å². The number of nitrogens with one attached hydrogen (secondary N) is 1. The highest BCUT2D eigenvalue weighted by atomic mass is 15.4. The minimum absolute atomic E-state index is 0.647. The summed E-state index contributed by atoms with van der Waals surface area (Å²) < 4.78 is 0. The van der Waals surface area contributed by atoms with Crippen molar-refractivity contribution in [2.24, 2.45) is 10.8 Å². The van der Waals surface area contributed by atoms with E-state index in [2.05, 4.69) is 4.99 Å². The Kier molecular flexibility index (Phi) is 2.53. The molecule has 0 fully saturated rings. The molecule has 0 aromatic rings. The van der Waals surface area contributed by atoms with Gasteiger partial charge >= 0.3 is 0 Å². The SMILES string of the molecule is N=CCC1=NCCN(N)C1. The van der Waals surface area contributed by atoms with Crippen molar-refractivity contribution >= 4 is 11.9 Å². The lowest BCUT2D eigenvalue weighted by atomic mass is 10.2. The third kappa shape index (κ3) is 1.89. The first-order valence-electron chi connectivity index (χ1n) is 3.33. The first-order valence-corrected chi connectivity index (χ1v) is 3.33. The van der Waals surface area contributed by atoms with E-state index in [0.717, 1.165) is 25.3 Å². The normalized spacial score (nSPS) is 20.3. The minimum Gasteiger partial charge on any atom is -0.313 e. The monoisotopic (exact) mass is 140 g/mol. The lowest BCUT2D eigenvalue weighted by Crippen LogP contribution is -2.41. The van der Waals surface area contributed by atoms with Crippen LogP contribution in [0, 0.1) is 5.41 Å². The summed E-state index contributed by atoms with van der Waals surface area (Å²) in [5, 5.41) is 8.57. The van der Waals surface area contributed by atoms with Crippen molar-refractivity contribution in [1.29, 1.82) is 5.41 Å². The number of hydrogen-bond donors (Lipinski definition) is 2. The van der Waals surface area contributed by atoms with Crippen LogP contribution >= 0.6 is 0 Å². The van der Waals surface area contributed by atoms with Crippen LogP contribution in [0.5, 0.6) is 0 Å². The van der Waals surface area contributed by atoms with Gasteiger partial charge in [-0.15, -0.1) is 0 Å². The lowest BCUT2D eigenvalue weighted by Gasteiger charge is -2.20. The Morgan fingerprint density at radius 1 is 1.80 bits per heavy atom. The number of nitrogens with zero attached hydrogens (tertiary/aromatic N) is 2. The van der Waals surface area contributed by atoms with Crippen molar-refractivity contribution in [2.75, 3.05) is 19.6 Å². The van der Waals surface area contributed by atoms with Gasteiger partial charge in [0.05, 0.1) is 13.1 Å². The molecule has 0 aliphatic carbocycles. The summed E-state index contributed by atoms with van der Waals surface area (Å²) in [7, 11) is 0. The van der Waals surface area contributed by atoms with E-state index in [-0.39, 0.29) is 0 Å². The van der Waals surface area contributed by atoms with Gasteiger partial charge in [0.2, 0.25) is 0 Å². The highest BCUT2D eigenvalue weighted by molar-refractivity contribution is 5.96. The summed E-state index contributed by atoms with van der Waals surface area (Å²) in [6, 6.07) is 0. The van der Waals surface area contributed by atoms with Gasteiger partial charge in [-0.05, 0) is 0 Å². The Bertz CT molecular complexity index is 152. The number of aliphatic imine (C=N–C) groups is 1. The Balaban J connectivity index is 2.43. The average Bonchev–Trinajstić information content (AvgIpc) is 1.88. The first kappa shape index (κ1) is 7.37. The molecule has 0 unspecified atom stereocenters. The molecule has 0 atom stereocenters. The number of nitrogens with two attached hydrogens (primary N) is 1.